The molecular formula is C20H18FNO2. The Hall–Kier alpha value is -2.46. The number of fused-ring (bicyclic) bond motifs is 1. The summed E-state index contributed by atoms with van der Waals surface area (Å²) in [6.45, 7) is 0.655. The largest absolute Gasteiger partial charge is 0.480 e. The molecule has 3 nitrogen and oxygen atoms in total. The summed E-state index contributed by atoms with van der Waals surface area (Å²) < 4.78 is 13.7. The van der Waals surface area contributed by atoms with Crippen LogP contribution in [0.25, 0.3) is 11.6 Å². The normalized spacial score (nSPS) is 25.4. The number of rotatable bonds is 3. The first-order valence-electron chi connectivity index (χ1n) is 8.16. The Morgan fingerprint density at radius 2 is 2.00 bits per heavy atom. The fourth-order valence-corrected chi connectivity index (χ4v) is 3.99. The summed E-state index contributed by atoms with van der Waals surface area (Å²) in [7, 11) is 0. The molecule has 2 aromatic carbocycles. The van der Waals surface area contributed by atoms with Gasteiger partial charge in [-0.1, -0.05) is 42.5 Å². The first-order valence-corrected chi connectivity index (χ1v) is 8.16. The topological polar surface area (TPSA) is 49.3 Å². The SMILES string of the molecule is O=C(O)[C@@H]1C[C@@H](C2C(c3cccc(F)c3)=Cc3ccccc32)CN1. The van der Waals surface area contributed by atoms with Crippen LogP contribution in [0.1, 0.15) is 29.0 Å². The molecule has 1 fully saturated rings. The Kier molecular flexibility index (Phi) is 3.69. The molecule has 0 amide bonds. The number of hydrogen-bond acceptors (Lipinski definition) is 2. The molecule has 0 saturated carbocycles. The number of hydrogen-bond donors (Lipinski definition) is 2. The van der Waals surface area contributed by atoms with E-state index < -0.39 is 12.0 Å². The number of carboxylic acids is 1. The molecule has 3 atom stereocenters. The van der Waals surface area contributed by atoms with Crippen LogP contribution in [-0.2, 0) is 4.79 Å². The van der Waals surface area contributed by atoms with Gasteiger partial charge >= 0.3 is 5.97 Å². The van der Waals surface area contributed by atoms with Crippen LogP contribution in [0.5, 0.6) is 0 Å². The minimum absolute atomic E-state index is 0.0971. The van der Waals surface area contributed by atoms with Crippen molar-refractivity contribution < 1.29 is 14.3 Å². The highest BCUT2D eigenvalue weighted by Gasteiger charge is 2.39. The minimum atomic E-state index is -0.805. The summed E-state index contributed by atoms with van der Waals surface area (Å²) in [6.07, 6.45) is 2.70. The zero-order valence-corrected chi connectivity index (χ0v) is 13.1. The first-order chi connectivity index (χ1) is 11.6. The van der Waals surface area contributed by atoms with Crippen molar-refractivity contribution >= 4 is 17.6 Å². The smallest absolute Gasteiger partial charge is 0.320 e. The molecule has 1 unspecified atom stereocenters. The van der Waals surface area contributed by atoms with Gasteiger partial charge in [0.05, 0.1) is 0 Å². The van der Waals surface area contributed by atoms with Gasteiger partial charge in [-0.25, -0.2) is 4.39 Å². The Morgan fingerprint density at radius 3 is 2.75 bits per heavy atom. The zero-order chi connectivity index (χ0) is 16.7. The van der Waals surface area contributed by atoms with Crippen molar-refractivity contribution in [3.8, 4) is 0 Å². The van der Waals surface area contributed by atoms with E-state index in [-0.39, 0.29) is 17.7 Å². The van der Waals surface area contributed by atoms with E-state index in [1.807, 2.05) is 18.2 Å². The molecule has 2 aliphatic rings. The van der Waals surface area contributed by atoms with Crippen LogP contribution in [0.4, 0.5) is 4.39 Å². The molecule has 1 aliphatic heterocycles. The van der Waals surface area contributed by atoms with Gasteiger partial charge in [0.1, 0.15) is 11.9 Å². The van der Waals surface area contributed by atoms with Gasteiger partial charge in [0, 0.05) is 5.92 Å². The average Bonchev–Trinajstić information content (AvgIpc) is 3.19. The number of halogens is 1. The van der Waals surface area contributed by atoms with Gasteiger partial charge in [-0.05, 0) is 53.3 Å². The monoisotopic (exact) mass is 323 g/mol. The number of allylic oxidation sites excluding steroid dienone is 1. The number of benzene rings is 2. The lowest BCUT2D eigenvalue weighted by Gasteiger charge is -2.23. The lowest BCUT2D eigenvalue weighted by molar-refractivity contribution is -0.139. The van der Waals surface area contributed by atoms with E-state index in [0.29, 0.717) is 13.0 Å². The molecular weight excluding hydrogens is 305 g/mol. The fraction of sp³-hybridized carbons (Fsp3) is 0.250. The van der Waals surface area contributed by atoms with Crippen molar-refractivity contribution in [3.05, 3.63) is 71.0 Å². The van der Waals surface area contributed by atoms with E-state index in [4.69, 9.17) is 0 Å². The second-order valence-corrected chi connectivity index (χ2v) is 6.51. The summed E-state index contributed by atoms with van der Waals surface area (Å²) in [5, 5.41) is 12.4. The van der Waals surface area contributed by atoms with Crippen LogP contribution in [0.3, 0.4) is 0 Å². The molecule has 4 rings (SSSR count). The Labute approximate surface area is 139 Å². The van der Waals surface area contributed by atoms with E-state index in [1.165, 1.54) is 11.6 Å². The number of nitrogens with one attached hydrogen (secondary N) is 1. The lowest BCUT2D eigenvalue weighted by atomic mass is 9.80. The highest BCUT2D eigenvalue weighted by molar-refractivity contribution is 5.92. The summed E-state index contributed by atoms with van der Waals surface area (Å²) in [6, 6.07) is 14.3. The summed E-state index contributed by atoms with van der Waals surface area (Å²) >= 11 is 0. The molecule has 0 spiro atoms. The lowest BCUT2D eigenvalue weighted by Crippen LogP contribution is -2.29. The zero-order valence-electron chi connectivity index (χ0n) is 13.1. The molecule has 2 aromatic rings. The van der Waals surface area contributed by atoms with Crippen molar-refractivity contribution in [3.63, 3.8) is 0 Å². The molecule has 1 saturated heterocycles. The van der Waals surface area contributed by atoms with Crippen LogP contribution in [0.15, 0.2) is 48.5 Å². The third-order valence-electron chi connectivity index (χ3n) is 5.07. The summed E-state index contributed by atoms with van der Waals surface area (Å²) in [4.78, 5) is 11.3. The Bertz CT molecular complexity index is 830. The molecule has 1 aliphatic carbocycles. The highest BCUT2D eigenvalue weighted by atomic mass is 19.1. The van der Waals surface area contributed by atoms with Crippen LogP contribution < -0.4 is 5.32 Å². The van der Waals surface area contributed by atoms with Crippen LogP contribution in [-0.4, -0.2) is 23.7 Å². The first kappa shape index (κ1) is 15.1. The van der Waals surface area contributed by atoms with Gasteiger partial charge < -0.3 is 10.4 Å². The third-order valence-corrected chi connectivity index (χ3v) is 5.07. The van der Waals surface area contributed by atoms with Crippen molar-refractivity contribution in [2.75, 3.05) is 6.54 Å². The molecule has 0 radical (unpaired) electrons. The standard InChI is InChI=1S/C20H18FNO2/c21-15-6-3-5-12(8-15)17-9-13-4-1-2-7-16(13)19(17)14-10-18(20(23)24)22-11-14/h1-9,14,18-19,22H,10-11H2,(H,23,24)/t14-,18+,19?/m1/s1. The Balaban J connectivity index is 1.74. The summed E-state index contributed by atoms with van der Waals surface area (Å²) in [5.41, 5.74) is 4.29. The van der Waals surface area contributed by atoms with Crippen molar-refractivity contribution in [1.82, 2.24) is 5.32 Å². The molecule has 1 heterocycles. The second kappa shape index (κ2) is 5.87. The highest BCUT2D eigenvalue weighted by Crippen LogP contribution is 2.48. The van der Waals surface area contributed by atoms with E-state index >= 15 is 0 Å². The minimum Gasteiger partial charge on any atom is -0.480 e. The Morgan fingerprint density at radius 1 is 1.17 bits per heavy atom. The van der Waals surface area contributed by atoms with Gasteiger partial charge in [0.15, 0.2) is 0 Å². The molecule has 122 valence electrons. The van der Waals surface area contributed by atoms with Crippen molar-refractivity contribution in [2.24, 2.45) is 5.92 Å². The molecule has 0 aromatic heterocycles. The van der Waals surface area contributed by atoms with Gasteiger partial charge in [0.2, 0.25) is 0 Å². The van der Waals surface area contributed by atoms with Crippen LogP contribution in [0, 0.1) is 11.7 Å². The summed E-state index contributed by atoms with van der Waals surface area (Å²) in [5.74, 6) is -0.778. The van der Waals surface area contributed by atoms with E-state index in [1.54, 1.807) is 12.1 Å². The third kappa shape index (κ3) is 2.53. The van der Waals surface area contributed by atoms with Crippen LogP contribution >= 0.6 is 0 Å². The molecule has 4 heteroatoms. The van der Waals surface area contributed by atoms with E-state index in [9.17, 15) is 14.3 Å². The predicted molar refractivity (Wildman–Crippen MR) is 91.0 cm³/mol. The van der Waals surface area contributed by atoms with Crippen LogP contribution in [0.2, 0.25) is 0 Å². The number of carbonyl (C=O) groups is 1. The molecule has 24 heavy (non-hydrogen) atoms. The number of aliphatic carboxylic acids is 1. The quantitative estimate of drug-likeness (QED) is 0.908. The fourth-order valence-electron chi connectivity index (χ4n) is 3.99. The van der Waals surface area contributed by atoms with Crippen molar-refractivity contribution in [2.45, 2.75) is 18.4 Å². The van der Waals surface area contributed by atoms with Gasteiger partial charge in [-0.2, -0.15) is 0 Å². The van der Waals surface area contributed by atoms with E-state index in [2.05, 4.69) is 23.5 Å². The van der Waals surface area contributed by atoms with Gasteiger partial charge in [0.25, 0.3) is 0 Å². The maximum atomic E-state index is 13.7. The maximum absolute atomic E-state index is 13.7. The van der Waals surface area contributed by atoms with Gasteiger partial charge in [-0.15, -0.1) is 0 Å². The molecule has 0 bridgehead atoms. The molecule has 2 N–H and O–H groups in total. The van der Waals surface area contributed by atoms with Crippen molar-refractivity contribution in [1.29, 1.82) is 0 Å². The number of carboxylic acid groups (broad SMARTS) is 1. The van der Waals surface area contributed by atoms with Gasteiger partial charge in [-0.3, -0.25) is 4.79 Å². The predicted octanol–water partition coefficient (Wildman–Crippen LogP) is 3.53. The van der Waals surface area contributed by atoms with E-state index in [0.717, 1.165) is 16.7 Å². The second-order valence-electron chi connectivity index (χ2n) is 6.51. The average molecular weight is 323 g/mol. The maximum Gasteiger partial charge on any atom is 0.320 e.